The quantitative estimate of drug-likeness (QED) is 0.839. The van der Waals surface area contributed by atoms with E-state index in [1.165, 1.54) is 0 Å². The molecule has 20 heavy (non-hydrogen) atoms. The highest BCUT2D eigenvalue weighted by molar-refractivity contribution is 5.95. The molecular formula is C16H19NO3. The lowest BCUT2D eigenvalue weighted by Crippen LogP contribution is -2.63. The second-order valence-corrected chi connectivity index (χ2v) is 6.14. The summed E-state index contributed by atoms with van der Waals surface area (Å²) in [5, 5.41) is 3.00. The van der Waals surface area contributed by atoms with E-state index >= 15 is 0 Å². The van der Waals surface area contributed by atoms with E-state index in [9.17, 15) is 9.59 Å². The van der Waals surface area contributed by atoms with Crippen molar-refractivity contribution < 1.29 is 14.3 Å². The van der Waals surface area contributed by atoms with Gasteiger partial charge in [0.25, 0.3) is 0 Å². The Hall–Kier alpha value is -1.84. The third kappa shape index (κ3) is 1.48. The third-order valence-electron chi connectivity index (χ3n) is 4.74. The fourth-order valence-corrected chi connectivity index (χ4v) is 3.74. The Morgan fingerprint density at radius 2 is 2.10 bits per heavy atom. The van der Waals surface area contributed by atoms with E-state index in [0.29, 0.717) is 13.0 Å². The molecule has 1 aromatic carbocycles. The van der Waals surface area contributed by atoms with Crippen LogP contribution in [0.3, 0.4) is 0 Å². The summed E-state index contributed by atoms with van der Waals surface area (Å²) in [6.45, 7) is 5.96. The minimum absolute atomic E-state index is 0.00275. The molecule has 1 amide bonds. The van der Waals surface area contributed by atoms with Gasteiger partial charge in [-0.05, 0) is 38.3 Å². The van der Waals surface area contributed by atoms with Crippen molar-refractivity contribution in [2.75, 3.05) is 6.61 Å². The summed E-state index contributed by atoms with van der Waals surface area (Å²) in [6, 6.07) is 7.58. The molecule has 1 fully saturated rings. The zero-order valence-electron chi connectivity index (χ0n) is 12.0. The van der Waals surface area contributed by atoms with E-state index in [1.807, 2.05) is 38.1 Å². The lowest BCUT2D eigenvalue weighted by atomic mass is 9.55. The number of carbonyl (C=O) groups is 2. The van der Waals surface area contributed by atoms with Crippen LogP contribution in [0.4, 0.5) is 0 Å². The fraction of sp³-hybridized carbons (Fsp3) is 0.500. The van der Waals surface area contributed by atoms with Crippen LogP contribution in [-0.4, -0.2) is 18.5 Å². The number of fused-ring (bicyclic) bond motifs is 2. The number of carbonyl (C=O) groups excluding carboxylic acids is 2. The first-order valence-electron chi connectivity index (χ1n) is 7.01. The molecule has 2 heterocycles. The van der Waals surface area contributed by atoms with Gasteiger partial charge in [-0.2, -0.15) is 0 Å². The van der Waals surface area contributed by atoms with Crippen molar-refractivity contribution >= 4 is 11.9 Å². The van der Waals surface area contributed by atoms with E-state index in [1.54, 1.807) is 6.92 Å². The average molecular weight is 273 g/mol. The molecule has 0 saturated carbocycles. The largest absolute Gasteiger partial charge is 0.466 e. The molecule has 4 rings (SSSR count). The van der Waals surface area contributed by atoms with Crippen LogP contribution in [0.1, 0.15) is 44.4 Å². The lowest BCUT2D eigenvalue weighted by molar-refractivity contribution is -0.163. The topological polar surface area (TPSA) is 55.4 Å². The van der Waals surface area contributed by atoms with Gasteiger partial charge < -0.3 is 10.1 Å². The summed E-state index contributed by atoms with van der Waals surface area (Å²) in [5.41, 5.74) is 0.715. The number of hydrogen-bond acceptors (Lipinski definition) is 3. The molecule has 2 bridgehead atoms. The molecule has 0 radical (unpaired) electrons. The molecular weight excluding hydrogens is 254 g/mol. The van der Waals surface area contributed by atoms with Crippen LogP contribution in [0.25, 0.3) is 0 Å². The van der Waals surface area contributed by atoms with Crippen molar-refractivity contribution in [1.82, 2.24) is 5.32 Å². The van der Waals surface area contributed by atoms with Crippen LogP contribution in [0.5, 0.6) is 0 Å². The Morgan fingerprint density at radius 3 is 2.80 bits per heavy atom. The van der Waals surface area contributed by atoms with E-state index in [2.05, 4.69) is 5.32 Å². The van der Waals surface area contributed by atoms with Gasteiger partial charge in [0.15, 0.2) is 0 Å². The molecule has 3 atom stereocenters. The molecule has 0 spiro atoms. The number of esters is 1. The van der Waals surface area contributed by atoms with Gasteiger partial charge in [-0.1, -0.05) is 24.3 Å². The summed E-state index contributed by atoms with van der Waals surface area (Å²) < 4.78 is 5.24. The van der Waals surface area contributed by atoms with Crippen molar-refractivity contribution in [3.05, 3.63) is 35.4 Å². The number of hydrogen-bond donors (Lipinski definition) is 1. The predicted molar refractivity (Wildman–Crippen MR) is 74.0 cm³/mol. The van der Waals surface area contributed by atoms with Crippen LogP contribution in [0, 0.1) is 5.41 Å². The number of piperidine rings is 1. The second-order valence-electron chi connectivity index (χ2n) is 6.14. The normalized spacial score (nSPS) is 34.4. The molecule has 4 nitrogen and oxygen atoms in total. The molecule has 1 aromatic rings. The number of amides is 1. The van der Waals surface area contributed by atoms with Crippen molar-refractivity contribution in [1.29, 1.82) is 0 Å². The van der Waals surface area contributed by atoms with Gasteiger partial charge in [0.1, 0.15) is 0 Å². The van der Waals surface area contributed by atoms with Crippen LogP contribution in [0.15, 0.2) is 24.3 Å². The van der Waals surface area contributed by atoms with Crippen molar-refractivity contribution in [3.8, 4) is 0 Å². The molecule has 0 aromatic heterocycles. The SMILES string of the molecule is CCOC(=O)C1(C)CC2(C)C(=O)NC1c1ccccc12. The maximum atomic E-state index is 12.4. The Labute approximate surface area is 118 Å². The first kappa shape index (κ1) is 13.2. The zero-order chi connectivity index (χ0) is 14.5. The Balaban J connectivity index is 2.15. The van der Waals surface area contributed by atoms with Gasteiger partial charge in [-0.25, -0.2) is 0 Å². The zero-order valence-corrected chi connectivity index (χ0v) is 12.0. The minimum Gasteiger partial charge on any atom is -0.466 e. The van der Waals surface area contributed by atoms with E-state index in [4.69, 9.17) is 4.74 Å². The van der Waals surface area contributed by atoms with Crippen LogP contribution >= 0.6 is 0 Å². The van der Waals surface area contributed by atoms with Gasteiger partial charge in [0.05, 0.1) is 23.5 Å². The summed E-state index contributed by atoms with van der Waals surface area (Å²) in [6.07, 6.45) is 0.492. The van der Waals surface area contributed by atoms with Crippen LogP contribution in [0.2, 0.25) is 0 Å². The number of nitrogens with one attached hydrogen (secondary N) is 1. The van der Waals surface area contributed by atoms with Crippen molar-refractivity contribution in [3.63, 3.8) is 0 Å². The van der Waals surface area contributed by atoms with Gasteiger partial charge >= 0.3 is 5.97 Å². The standard InChI is InChI=1S/C16H19NO3/c1-4-20-14(19)16(3)9-15(2)11-8-6-5-7-10(11)12(16)17-13(15)18/h5-8,12H,4,9H2,1-3H3,(H,17,18). The highest BCUT2D eigenvalue weighted by Crippen LogP contribution is 2.56. The molecule has 106 valence electrons. The van der Waals surface area contributed by atoms with Gasteiger partial charge in [0, 0.05) is 0 Å². The van der Waals surface area contributed by atoms with E-state index in [-0.39, 0.29) is 17.9 Å². The number of ether oxygens (including phenoxy) is 1. The lowest BCUT2D eigenvalue weighted by Gasteiger charge is -2.53. The molecule has 3 unspecified atom stereocenters. The maximum absolute atomic E-state index is 12.4. The third-order valence-corrected chi connectivity index (χ3v) is 4.74. The number of rotatable bonds is 2. The molecule has 4 heteroatoms. The maximum Gasteiger partial charge on any atom is 0.314 e. The highest BCUT2D eigenvalue weighted by Gasteiger charge is 2.61. The Morgan fingerprint density at radius 1 is 1.40 bits per heavy atom. The molecule has 3 aliphatic rings. The smallest absolute Gasteiger partial charge is 0.314 e. The average Bonchev–Trinajstić information content (AvgIpc) is 2.42. The van der Waals surface area contributed by atoms with Gasteiger partial charge in [0.2, 0.25) is 5.91 Å². The van der Waals surface area contributed by atoms with Gasteiger partial charge in [-0.15, -0.1) is 0 Å². The first-order valence-corrected chi connectivity index (χ1v) is 7.01. The molecule has 1 saturated heterocycles. The molecule has 2 aliphatic heterocycles. The summed E-state index contributed by atoms with van der Waals surface area (Å²) in [5.74, 6) is -0.228. The van der Waals surface area contributed by atoms with Crippen LogP contribution < -0.4 is 5.32 Å². The predicted octanol–water partition coefficient (Wildman–Crippen LogP) is 2.09. The molecule has 1 N–H and O–H groups in total. The highest BCUT2D eigenvalue weighted by atomic mass is 16.5. The van der Waals surface area contributed by atoms with Crippen molar-refractivity contribution in [2.45, 2.75) is 38.6 Å². The second kappa shape index (κ2) is 4.08. The Kier molecular flexibility index (Phi) is 2.68. The first-order chi connectivity index (χ1) is 9.43. The summed E-state index contributed by atoms with van der Waals surface area (Å²) >= 11 is 0. The van der Waals surface area contributed by atoms with E-state index < -0.39 is 10.8 Å². The van der Waals surface area contributed by atoms with Crippen molar-refractivity contribution in [2.24, 2.45) is 5.41 Å². The monoisotopic (exact) mass is 273 g/mol. The van der Waals surface area contributed by atoms with E-state index in [0.717, 1.165) is 11.1 Å². The molecule has 1 aliphatic carbocycles. The summed E-state index contributed by atoms with van der Waals surface area (Å²) in [4.78, 5) is 24.7. The number of benzene rings is 1. The Bertz CT molecular complexity index is 597. The fourth-order valence-electron chi connectivity index (χ4n) is 3.74. The summed E-state index contributed by atoms with van der Waals surface area (Å²) in [7, 11) is 0. The van der Waals surface area contributed by atoms with Crippen LogP contribution in [-0.2, 0) is 19.7 Å². The minimum atomic E-state index is -0.701. The van der Waals surface area contributed by atoms with Gasteiger partial charge in [-0.3, -0.25) is 9.59 Å².